The van der Waals surface area contributed by atoms with Gasteiger partial charge in [0.05, 0.1) is 7.11 Å². The van der Waals surface area contributed by atoms with Crippen molar-refractivity contribution in [3.63, 3.8) is 0 Å². The summed E-state index contributed by atoms with van der Waals surface area (Å²) in [6, 6.07) is 21.0. The number of ketones is 2. The van der Waals surface area contributed by atoms with E-state index in [0.29, 0.717) is 0 Å². The molecule has 0 spiro atoms. The molecule has 10 nitrogen and oxygen atoms in total. The summed E-state index contributed by atoms with van der Waals surface area (Å²) in [7, 11) is 1.68. The summed E-state index contributed by atoms with van der Waals surface area (Å²) in [4.78, 5) is 48.5. The molecule has 0 bridgehead atoms. The number of hydrogen-bond donors (Lipinski definition) is 5. The molecule has 2 unspecified atom stereocenters. The number of rotatable bonds is 12. The van der Waals surface area contributed by atoms with Crippen molar-refractivity contribution in [3.8, 4) is 5.75 Å². The number of methoxy groups -OCH3 is 1. The van der Waals surface area contributed by atoms with Gasteiger partial charge in [0.2, 0.25) is 11.6 Å². The first-order valence-corrected chi connectivity index (χ1v) is 12.0. The Bertz CT molecular complexity index is 1190. The van der Waals surface area contributed by atoms with E-state index in [1.165, 1.54) is 48.4 Å². The molecule has 0 aliphatic rings. The Morgan fingerprint density at radius 3 is 1.44 bits per heavy atom. The number of carbonyl (C=O) groups excluding carboxylic acids is 2. The third-order valence-electron chi connectivity index (χ3n) is 5.95. The monoisotopic (exact) mass is 537 g/mol. The van der Waals surface area contributed by atoms with E-state index in [1.54, 1.807) is 7.11 Å². The minimum absolute atomic E-state index is 0.391. The standard InChI is InChI=1S/C18H14O8.C11H17NO/c19-13(11-7-3-1-4-8-11)17(25,15(21)22)18(26,16(23)24)14(20)12-9-5-2-6-10-12;1-13-11-7-5-10(6-8-11)4-2-3-9-12/h1-10,25-26H,(H,21,22)(H,23,24);5-8H,2-4,9,12H2,1H3. The maximum absolute atomic E-state index is 12.6. The van der Waals surface area contributed by atoms with E-state index in [9.17, 15) is 39.6 Å². The normalized spacial score (nSPS) is 13.5. The molecule has 0 amide bonds. The molecule has 0 aliphatic carbocycles. The molecule has 0 fully saturated rings. The Balaban J connectivity index is 0.000000344. The molecule has 6 N–H and O–H groups in total. The lowest BCUT2D eigenvalue weighted by molar-refractivity contribution is -0.187. The predicted octanol–water partition coefficient (Wildman–Crippen LogP) is 2.36. The molecular formula is C29H31NO9. The summed E-state index contributed by atoms with van der Waals surface area (Å²) in [6.45, 7) is 0.788. The van der Waals surface area contributed by atoms with Gasteiger partial charge in [-0.1, -0.05) is 72.8 Å². The highest BCUT2D eigenvalue weighted by Crippen LogP contribution is 2.31. The first-order chi connectivity index (χ1) is 18.5. The number of nitrogens with two attached hydrogens (primary N) is 1. The number of aliphatic carboxylic acids is 2. The highest BCUT2D eigenvalue weighted by Gasteiger charge is 2.69. The van der Waals surface area contributed by atoms with Crippen LogP contribution >= 0.6 is 0 Å². The van der Waals surface area contributed by atoms with Gasteiger partial charge in [-0.25, -0.2) is 9.59 Å². The van der Waals surface area contributed by atoms with E-state index in [-0.39, 0.29) is 0 Å². The first kappa shape index (κ1) is 30.8. The molecule has 0 saturated carbocycles. The number of ether oxygens (including phenoxy) is 1. The van der Waals surface area contributed by atoms with Crippen LogP contribution in [-0.2, 0) is 16.0 Å². The lowest BCUT2D eigenvalue weighted by atomic mass is 9.73. The van der Waals surface area contributed by atoms with E-state index in [1.807, 2.05) is 12.1 Å². The zero-order chi connectivity index (χ0) is 29.1. The fraction of sp³-hybridized carbons (Fsp3) is 0.241. The van der Waals surface area contributed by atoms with Gasteiger partial charge in [0, 0.05) is 11.1 Å². The van der Waals surface area contributed by atoms with E-state index < -0.39 is 45.8 Å². The van der Waals surface area contributed by atoms with E-state index in [0.717, 1.165) is 49.4 Å². The minimum Gasteiger partial charge on any atom is -0.497 e. The van der Waals surface area contributed by atoms with Crippen molar-refractivity contribution in [1.29, 1.82) is 0 Å². The average Bonchev–Trinajstić information content (AvgIpc) is 2.97. The molecule has 3 aromatic carbocycles. The van der Waals surface area contributed by atoms with Gasteiger partial charge in [-0.3, -0.25) is 9.59 Å². The minimum atomic E-state index is -3.95. The lowest BCUT2D eigenvalue weighted by Crippen LogP contribution is -2.71. The third-order valence-corrected chi connectivity index (χ3v) is 5.95. The second kappa shape index (κ2) is 14.0. The molecule has 0 aliphatic heterocycles. The van der Waals surface area contributed by atoms with Crippen LogP contribution in [0.1, 0.15) is 39.1 Å². The molecule has 206 valence electrons. The van der Waals surface area contributed by atoms with Crippen molar-refractivity contribution in [2.24, 2.45) is 5.73 Å². The Morgan fingerprint density at radius 1 is 0.692 bits per heavy atom. The van der Waals surface area contributed by atoms with Crippen molar-refractivity contribution >= 4 is 23.5 Å². The van der Waals surface area contributed by atoms with Gasteiger partial charge in [-0.2, -0.15) is 0 Å². The maximum atomic E-state index is 12.6. The van der Waals surface area contributed by atoms with Crippen molar-refractivity contribution in [2.45, 2.75) is 30.5 Å². The van der Waals surface area contributed by atoms with Crippen LogP contribution in [0.3, 0.4) is 0 Å². The Kier molecular flexibility index (Phi) is 11.0. The van der Waals surface area contributed by atoms with Crippen LogP contribution in [0.5, 0.6) is 5.75 Å². The Morgan fingerprint density at radius 2 is 1.10 bits per heavy atom. The van der Waals surface area contributed by atoms with Gasteiger partial charge in [0.1, 0.15) is 5.75 Å². The summed E-state index contributed by atoms with van der Waals surface area (Å²) in [5.74, 6) is -7.11. The van der Waals surface area contributed by atoms with Gasteiger partial charge in [-0.15, -0.1) is 0 Å². The maximum Gasteiger partial charge on any atom is 0.348 e. The smallest absolute Gasteiger partial charge is 0.348 e. The highest BCUT2D eigenvalue weighted by atomic mass is 16.5. The Hall–Kier alpha value is -4.38. The fourth-order valence-electron chi connectivity index (χ4n) is 3.69. The summed E-state index contributed by atoms with van der Waals surface area (Å²) in [6.07, 6.45) is 3.38. The van der Waals surface area contributed by atoms with Crippen LogP contribution in [0.15, 0.2) is 84.9 Å². The molecule has 10 heteroatoms. The number of aryl methyl sites for hydroxylation is 1. The summed E-state index contributed by atoms with van der Waals surface area (Å²) >= 11 is 0. The zero-order valence-electron chi connectivity index (χ0n) is 21.3. The predicted molar refractivity (Wildman–Crippen MR) is 142 cm³/mol. The van der Waals surface area contributed by atoms with E-state index in [4.69, 9.17) is 10.5 Å². The van der Waals surface area contributed by atoms with Crippen LogP contribution in [0.4, 0.5) is 0 Å². The first-order valence-electron chi connectivity index (χ1n) is 12.0. The number of hydrogen-bond acceptors (Lipinski definition) is 8. The van der Waals surface area contributed by atoms with Crippen molar-refractivity contribution < 1.29 is 44.3 Å². The molecule has 0 aromatic heterocycles. The molecular weight excluding hydrogens is 506 g/mol. The summed E-state index contributed by atoms with van der Waals surface area (Å²) in [5, 5.41) is 39.9. The van der Waals surface area contributed by atoms with Gasteiger partial charge in [-0.05, 0) is 43.5 Å². The van der Waals surface area contributed by atoms with Crippen molar-refractivity contribution in [3.05, 3.63) is 102 Å². The number of carbonyl (C=O) groups is 4. The number of carboxylic acid groups (broad SMARTS) is 2. The molecule has 0 heterocycles. The SMILES string of the molecule is COc1ccc(CCCCN)cc1.O=C(O)C(O)(C(=O)c1ccccc1)C(O)(C(=O)O)C(=O)c1ccccc1. The largest absolute Gasteiger partial charge is 0.497 e. The fourth-order valence-corrected chi connectivity index (χ4v) is 3.69. The topological polar surface area (TPSA) is 184 Å². The van der Waals surface area contributed by atoms with Crippen LogP contribution in [-0.4, -0.2) is 68.8 Å². The molecule has 2 atom stereocenters. The molecule has 0 saturated heterocycles. The highest BCUT2D eigenvalue weighted by molar-refractivity contribution is 6.28. The molecule has 39 heavy (non-hydrogen) atoms. The number of benzene rings is 3. The number of carboxylic acids is 2. The summed E-state index contributed by atoms with van der Waals surface area (Å²) in [5.41, 5.74) is -1.91. The van der Waals surface area contributed by atoms with Crippen LogP contribution in [0, 0.1) is 0 Å². The average molecular weight is 538 g/mol. The third kappa shape index (κ3) is 6.94. The lowest BCUT2D eigenvalue weighted by Gasteiger charge is -2.34. The van der Waals surface area contributed by atoms with Crippen LogP contribution in [0.2, 0.25) is 0 Å². The second-order valence-electron chi connectivity index (χ2n) is 8.52. The number of unbranched alkanes of at least 4 members (excludes halogenated alkanes) is 1. The van der Waals surface area contributed by atoms with Crippen molar-refractivity contribution in [2.75, 3.05) is 13.7 Å². The molecule has 3 aromatic rings. The molecule has 0 radical (unpaired) electrons. The van der Waals surface area contributed by atoms with Crippen LogP contribution < -0.4 is 10.5 Å². The number of aliphatic hydroxyl groups is 2. The van der Waals surface area contributed by atoms with E-state index >= 15 is 0 Å². The number of Topliss-reactive ketones (excluding diaryl/α,β-unsaturated/α-hetero) is 2. The Labute approximate surface area is 225 Å². The summed E-state index contributed by atoms with van der Waals surface area (Å²) < 4.78 is 5.07. The quantitative estimate of drug-likeness (QED) is 0.130. The van der Waals surface area contributed by atoms with Crippen LogP contribution in [0.25, 0.3) is 0 Å². The van der Waals surface area contributed by atoms with Gasteiger partial charge in [0.25, 0.3) is 11.2 Å². The van der Waals surface area contributed by atoms with Gasteiger partial charge < -0.3 is 30.9 Å². The van der Waals surface area contributed by atoms with Gasteiger partial charge in [0.15, 0.2) is 0 Å². The van der Waals surface area contributed by atoms with Gasteiger partial charge >= 0.3 is 11.9 Å². The van der Waals surface area contributed by atoms with Crippen molar-refractivity contribution in [1.82, 2.24) is 0 Å². The second-order valence-corrected chi connectivity index (χ2v) is 8.52. The zero-order valence-corrected chi connectivity index (χ0v) is 21.3. The van der Waals surface area contributed by atoms with E-state index in [2.05, 4.69) is 12.1 Å². The molecule has 3 rings (SSSR count).